The maximum absolute atomic E-state index is 13.1. The van der Waals surface area contributed by atoms with Gasteiger partial charge in [0.25, 0.3) is 0 Å². The number of hydrogen-bond donors (Lipinski definition) is 2. The number of sulfonamides is 2. The number of hydrogen-bond acceptors (Lipinski definition) is 5. The quantitative estimate of drug-likeness (QED) is 0.617. The lowest BCUT2D eigenvalue weighted by atomic mass is 9.97. The third-order valence-electron chi connectivity index (χ3n) is 6.30. The summed E-state index contributed by atoms with van der Waals surface area (Å²) in [6.45, 7) is 0.776. The van der Waals surface area contributed by atoms with E-state index in [0.717, 1.165) is 31.1 Å². The molecule has 0 bridgehead atoms. The van der Waals surface area contributed by atoms with Gasteiger partial charge in [-0.2, -0.15) is 4.31 Å². The van der Waals surface area contributed by atoms with Crippen molar-refractivity contribution >= 4 is 31.6 Å². The highest BCUT2D eigenvalue weighted by Gasteiger charge is 2.32. The summed E-state index contributed by atoms with van der Waals surface area (Å²) >= 11 is 0. The zero-order valence-corrected chi connectivity index (χ0v) is 20.2. The van der Waals surface area contributed by atoms with E-state index in [4.69, 9.17) is 0 Å². The standard InChI is InChI=1S/C23H29N3O5S2/c1-32(28,29)25-22-8-3-2-5-20(22)16-24-23(27)18-11-13-26(14-12-18)33(30,31)21-10-9-17-6-4-7-19(17)15-21/h2-3,5,8-10,15,18,25H,4,6-7,11-14,16H2,1H3,(H,24,27). The minimum atomic E-state index is -3.57. The molecule has 0 atom stereocenters. The Bertz CT molecular complexity index is 1250. The molecule has 1 aliphatic heterocycles. The average molecular weight is 492 g/mol. The smallest absolute Gasteiger partial charge is 0.243 e. The van der Waals surface area contributed by atoms with Crippen LogP contribution in [0.1, 0.15) is 36.0 Å². The van der Waals surface area contributed by atoms with Crippen LogP contribution in [0.5, 0.6) is 0 Å². The SMILES string of the molecule is CS(=O)(=O)Nc1ccccc1CNC(=O)C1CCN(S(=O)(=O)c2ccc3c(c2)CCC3)CC1. The van der Waals surface area contributed by atoms with E-state index < -0.39 is 20.0 Å². The van der Waals surface area contributed by atoms with Crippen molar-refractivity contribution in [2.75, 3.05) is 24.1 Å². The molecule has 1 saturated heterocycles. The number of anilines is 1. The molecule has 1 amide bonds. The number of nitrogens with zero attached hydrogens (tertiary/aromatic N) is 1. The molecule has 0 spiro atoms. The van der Waals surface area contributed by atoms with Crippen molar-refractivity contribution < 1.29 is 21.6 Å². The largest absolute Gasteiger partial charge is 0.352 e. The van der Waals surface area contributed by atoms with Gasteiger partial charge in [-0.05, 0) is 67.0 Å². The Morgan fingerprint density at radius 2 is 1.70 bits per heavy atom. The molecule has 1 heterocycles. The van der Waals surface area contributed by atoms with E-state index in [1.807, 2.05) is 6.07 Å². The van der Waals surface area contributed by atoms with Gasteiger partial charge < -0.3 is 5.32 Å². The first-order valence-electron chi connectivity index (χ1n) is 11.1. The molecule has 2 aliphatic rings. The van der Waals surface area contributed by atoms with E-state index in [9.17, 15) is 21.6 Å². The van der Waals surface area contributed by atoms with Crippen molar-refractivity contribution in [1.82, 2.24) is 9.62 Å². The van der Waals surface area contributed by atoms with Crippen LogP contribution in [0.25, 0.3) is 0 Å². The molecule has 8 nitrogen and oxygen atoms in total. The number of fused-ring (bicyclic) bond motifs is 1. The fourth-order valence-electron chi connectivity index (χ4n) is 4.52. The molecule has 0 radical (unpaired) electrons. The van der Waals surface area contributed by atoms with Crippen molar-refractivity contribution in [2.24, 2.45) is 5.92 Å². The Morgan fingerprint density at radius 3 is 2.42 bits per heavy atom. The summed E-state index contributed by atoms with van der Waals surface area (Å²) in [5, 5.41) is 2.87. The second-order valence-corrected chi connectivity index (χ2v) is 12.4. The van der Waals surface area contributed by atoms with E-state index in [1.54, 1.807) is 36.4 Å². The number of aryl methyl sites for hydroxylation is 2. The van der Waals surface area contributed by atoms with Gasteiger partial charge in [-0.25, -0.2) is 16.8 Å². The Kier molecular flexibility index (Phi) is 6.78. The van der Waals surface area contributed by atoms with Crippen molar-refractivity contribution in [2.45, 2.75) is 43.5 Å². The first kappa shape index (κ1) is 23.7. The zero-order valence-electron chi connectivity index (χ0n) is 18.6. The second-order valence-electron chi connectivity index (χ2n) is 8.71. The molecule has 178 valence electrons. The highest BCUT2D eigenvalue weighted by atomic mass is 32.2. The lowest BCUT2D eigenvalue weighted by Crippen LogP contribution is -2.42. The van der Waals surface area contributed by atoms with Crippen LogP contribution in [0, 0.1) is 5.92 Å². The Labute approximate surface area is 195 Å². The molecular formula is C23H29N3O5S2. The predicted octanol–water partition coefficient (Wildman–Crippen LogP) is 2.26. The third kappa shape index (κ3) is 5.56. The molecule has 10 heteroatoms. The summed E-state index contributed by atoms with van der Waals surface area (Å²) in [5.74, 6) is -0.440. The molecule has 2 N–H and O–H groups in total. The number of amides is 1. The predicted molar refractivity (Wildman–Crippen MR) is 127 cm³/mol. The Morgan fingerprint density at radius 1 is 1.00 bits per heavy atom. The van der Waals surface area contributed by atoms with E-state index in [2.05, 4.69) is 10.0 Å². The monoisotopic (exact) mass is 491 g/mol. The van der Waals surface area contributed by atoms with Gasteiger partial charge in [-0.3, -0.25) is 9.52 Å². The van der Waals surface area contributed by atoms with Crippen LogP contribution in [0.4, 0.5) is 5.69 Å². The molecule has 2 aromatic rings. The minimum absolute atomic E-state index is 0.154. The zero-order chi connectivity index (χ0) is 23.6. The molecule has 1 fully saturated rings. The van der Waals surface area contributed by atoms with Crippen molar-refractivity contribution in [3.8, 4) is 0 Å². The maximum atomic E-state index is 13.1. The van der Waals surface area contributed by atoms with E-state index in [-0.39, 0.29) is 18.4 Å². The molecule has 0 saturated carbocycles. The first-order valence-corrected chi connectivity index (χ1v) is 14.4. The van der Waals surface area contributed by atoms with E-state index in [1.165, 1.54) is 9.87 Å². The van der Waals surface area contributed by atoms with E-state index >= 15 is 0 Å². The van der Waals surface area contributed by atoms with Gasteiger partial charge in [0.15, 0.2) is 0 Å². The minimum Gasteiger partial charge on any atom is -0.352 e. The molecular weight excluding hydrogens is 462 g/mol. The van der Waals surface area contributed by atoms with Gasteiger partial charge in [0.05, 0.1) is 16.8 Å². The summed E-state index contributed by atoms with van der Waals surface area (Å²) < 4.78 is 53.2. The highest BCUT2D eigenvalue weighted by Crippen LogP contribution is 2.28. The van der Waals surface area contributed by atoms with Crippen molar-refractivity contribution in [3.05, 3.63) is 59.2 Å². The van der Waals surface area contributed by atoms with Crippen LogP contribution in [0.3, 0.4) is 0 Å². The van der Waals surface area contributed by atoms with Gasteiger partial charge >= 0.3 is 0 Å². The normalized spacial score (nSPS) is 17.5. The summed E-state index contributed by atoms with van der Waals surface area (Å²) in [6, 6.07) is 12.3. The van der Waals surface area contributed by atoms with Gasteiger partial charge in [-0.1, -0.05) is 24.3 Å². The number of nitrogens with one attached hydrogen (secondary N) is 2. The number of carbonyl (C=O) groups excluding carboxylic acids is 1. The molecule has 0 unspecified atom stereocenters. The summed E-state index contributed by atoms with van der Waals surface area (Å²) in [7, 11) is -7.00. The first-order chi connectivity index (χ1) is 15.6. The van der Waals surface area contributed by atoms with Crippen LogP contribution < -0.4 is 10.0 Å². The maximum Gasteiger partial charge on any atom is 0.243 e. The Balaban J connectivity index is 1.34. The third-order valence-corrected chi connectivity index (χ3v) is 8.78. The lowest BCUT2D eigenvalue weighted by Gasteiger charge is -2.30. The number of benzene rings is 2. The lowest BCUT2D eigenvalue weighted by molar-refractivity contribution is -0.126. The van der Waals surface area contributed by atoms with Crippen LogP contribution in [-0.4, -0.2) is 46.4 Å². The van der Waals surface area contributed by atoms with Crippen LogP contribution in [0.15, 0.2) is 47.4 Å². The van der Waals surface area contributed by atoms with Crippen LogP contribution >= 0.6 is 0 Å². The highest BCUT2D eigenvalue weighted by molar-refractivity contribution is 7.92. The van der Waals surface area contributed by atoms with Gasteiger partial charge in [-0.15, -0.1) is 0 Å². The molecule has 0 aromatic heterocycles. The van der Waals surface area contributed by atoms with Gasteiger partial charge in [0, 0.05) is 25.6 Å². The average Bonchev–Trinajstić information content (AvgIpc) is 3.25. The number of para-hydroxylation sites is 1. The fraction of sp³-hybridized carbons (Fsp3) is 0.435. The van der Waals surface area contributed by atoms with E-state index in [0.29, 0.717) is 42.1 Å². The van der Waals surface area contributed by atoms with Crippen molar-refractivity contribution in [1.29, 1.82) is 0 Å². The molecule has 4 rings (SSSR count). The summed E-state index contributed by atoms with van der Waals surface area (Å²) in [4.78, 5) is 13.0. The van der Waals surface area contributed by atoms with Crippen LogP contribution in [0.2, 0.25) is 0 Å². The topological polar surface area (TPSA) is 113 Å². The summed E-state index contributed by atoms with van der Waals surface area (Å²) in [5.41, 5.74) is 3.44. The molecule has 2 aromatic carbocycles. The van der Waals surface area contributed by atoms with Gasteiger partial charge in [0.2, 0.25) is 26.0 Å². The van der Waals surface area contributed by atoms with Gasteiger partial charge in [0.1, 0.15) is 0 Å². The number of piperidine rings is 1. The van der Waals surface area contributed by atoms with Crippen molar-refractivity contribution in [3.63, 3.8) is 0 Å². The molecule has 33 heavy (non-hydrogen) atoms. The summed E-state index contributed by atoms with van der Waals surface area (Å²) in [6.07, 6.45) is 4.95. The fourth-order valence-corrected chi connectivity index (χ4v) is 6.64. The molecule has 1 aliphatic carbocycles. The second kappa shape index (κ2) is 9.44. The number of rotatable bonds is 7. The number of carbonyl (C=O) groups is 1. The van der Waals surface area contributed by atoms with Crippen LogP contribution in [-0.2, 0) is 44.2 Å². The Hall–Kier alpha value is -2.43.